The quantitative estimate of drug-likeness (QED) is 0.628. The number of carbonyl (C=O) groups excluding carboxylic acids is 1. The number of hydrogen-bond donors (Lipinski definition) is 1. The second-order valence-corrected chi connectivity index (χ2v) is 5.56. The van der Waals surface area contributed by atoms with Crippen molar-refractivity contribution in [3.05, 3.63) is 59.7 Å². The Labute approximate surface area is 142 Å². The van der Waals surface area contributed by atoms with Gasteiger partial charge in [-0.25, -0.2) is 5.43 Å². The standard InChI is InChI=1S/C19H23N3O2/c1-4-13-24-18-11-5-15(6-12-18)14-20-21-19(23)16-7-9-17(10-8-16)22(2)3/h5-12,14H,4,13H2,1-3H3,(H,21,23). The molecule has 2 aromatic rings. The van der Waals surface area contributed by atoms with Crippen LogP contribution >= 0.6 is 0 Å². The number of hydrogen-bond acceptors (Lipinski definition) is 4. The topological polar surface area (TPSA) is 53.9 Å². The molecule has 0 saturated carbocycles. The predicted molar refractivity (Wildman–Crippen MR) is 98.1 cm³/mol. The first kappa shape index (κ1) is 17.5. The van der Waals surface area contributed by atoms with Gasteiger partial charge in [0.2, 0.25) is 0 Å². The SMILES string of the molecule is CCCOc1ccc(C=NNC(=O)c2ccc(N(C)C)cc2)cc1. The number of benzene rings is 2. The summed E-state index contributed by atoms with van der Waals surface area (Å²) in [6.45, 7) is 2.77. The number of ether oxygens (including phenoxy) is 1. The molecule has 0 unspecified atom stereocenters. The number of rotatable bonds is 7. The first-order valence-corrected chi connectivity index (χ1v) is 7.94. The number of amides is 1. The van der Waals surface area contributed by atoms with Crippen molar-refractivity contribution in [3.8, 4) is 5.75 Å². The maximum atomic E-state index is 12.0. The molecule has 0 aliphatic rings. The van der Waals surface area contributed by atoms with E-state index in [0.717, 1.165) is 23.4 Å². The Bertz CT molecular complexity index is 677. The fourth-order valence-electron chi connectivity index (χ4n) is 2.01. The fourth-order valence-corrected chi connectivity index (χ4v) is 2.01. The molecule has 0 fully saturated rings. The zero-order chi connectivity index (χ0) is 17.4. The molecule has 0 aromatic heterocycles. The molecule has 0 spiro atoms. The maximum Gasteiger partial charge on any atom is 0.271 e. The van der Waals surface area contributed by atoms with Gasteiger partial charge in [-0.3, -0.25) is 4.79 Å². The molecule has 1 amide bonds. The normalized spacial score (nSPS) is 10.6. The fraction of sp³-hybridized carbons (Fsp3) is 0.263. The Morgan fingerprint density at radius 1 is 1.12 bits per heavy atom. The third-order valence-corrected chi connectivity index (χ3v) is 3.38. The van der Waals surface area contributed by atoms with E-state index in [2.05, 4.69) is 17.5 Å². The van der Waals surface area contributed by atoms with Crippen LogP contribution in [0.25, 0.3) is 0 Å². The van der Waals surface area contributed by atoms with E-state index in [4.69, 9.17) is 4.74 Å². The van der Waals surface area contributed by atoms with Crippen molar-refractivity contribution in [2.24, 2.45) is 5.10 Å². The van der Waals surface area contributed by atoms with E-state index >= 15 is 0 Å². The van der Waals surface area contributed by atoms with Crippen molar-refractivity contribution < 1.29 is 9.53 Å². The summed E-state index contributed by atoms with van der Waals surface area (Å²) in [6.07, 6.45) is 2.58. The summed E-state index contributed by atoms with van der Waals surface area (Å²) in [7, 11) is 3.91. The minimum atomic E-state index is -0.237. The number of anilines is 1. The monoisotopic (exact) mass is 325 g/mol. The van der Waals surface area contributed by atoms with Crippen LogP contribution in [0.4, 0.5) is 5.69 Å². The number of nitrogens with one attached hydrogen (secondary N) is 1. The molecule has 0 saturated heterocycles. The molecule has 2 aromatic carbocycles. The Kier molecular flexibility index (Phi) is 6.37. The lowest BCUT2D eigenvalue weighted by molar-refractivity contribution is 0.0955. The summed E-state index contributed by atoms with van der Waals surface area (Å²) in [5.74, 6) is 0.596. The van der Waals surface area contributed by atoms with Crippen molar-refractivity contribution in [2.45, 2.75) is 13.3 Å². The van der Waals surface area contributed by atoms with E-state index in [-0.39, 0.29) is 5.91 Å². The average Bonchev–Trinajstić information content (AvgIpc) is 2.61. The summed E-state index contributed by atoms with van der Waals surface area (Å²) in [4.78, 5) is 14.0. The minimum absolute atomic E-state index is 0.237. The largest absolute Gasteiger partial charge is 0.494 e. The molecule has 5 nitrogen and oxygen atoms in total. The molecule has 5 heteroatoms. The Morgan fingerprint density at radius 3 is 2.38 bits per heavy atom. The van der Waals surface area contributed by atoms with E-state index in [0.29, 0.717) is 12.2 Å². The zero-order valence-corrected chi connectivity index (χ0v) is 14.3. The summed E-state index contributed by atoms with van der Waals surface area (Å²) < 4.78 is 5.52. The summed E-state index contributed by atoms with van der Waals surface area (Å²) in [5, 5.41) is 3.99. The van der Waals surface area contributed by atoms with Crippen molar-refractivity contribution in [1.29, 1.82) is 0 Å². The summed E-state index contributed by atoms with van der Waals surface area (Å²) in [5.41, 5.74) is 5.03. The van der Waals surface area contributed by atoms with E-state index < -0.39 is 0 Å². The van der Waals surface area contributed by atoms with Gasteiger partial charge in [0.1, 0.15) is 5.75 Å². The van der Waals surface area contributed by atoms with Crippen molar-refractivity contribution in [2.75, 3.05) is 25.6 Å². The van der Waals surface area contributed by atoms with Gasteiger partial charge in [-0.2, -0.15) is 5.10 Å². The molecule has 0 bridgehead atoms. The van der Waals surface area contributed by atoms with Gasteiger partial charge in [-0.1, -0.05) is 6.92 Å². The van der Waals surface area contributed by atoms with Gasteiger partial charge in [0, 0.05) is 25.3 Å². The molecule has 0 atom stereocenters. The molecular weight excluding hydrogens is 302 g/mol. The average molecular weight is 325 g/mol. The second kappa shape index (κ2) is 8.72. The molecule has 0 aliphatic heterocycles. The minimum Gasteiger partial charge on any atom is -0.494 e. The molecule has 24 heavy (non-hydrogen) atoms. The molecule has 0 radical (unpaired) electrons. The van der Waals surface area contributed by atoms with E-state index in [1.807, 2.05) is 55.4 Å². The van der Waals surface area contributed by atoms with Gasteiger partial charge in [0.15, 0.2) is 0 Å². The molecule has 0 aliphatic carbocycles. The van der Waals surface area contributed by atoms with Crippen LogP contribution in [0.15, 0.2) is 53.6 Å². The number of hydrazone groups is 1. The van der Waals surface area contributed by atoms with Gasteiger partial charge >= 0.3 is 0 Å². The lowest BCUT2D eigenvalue weighted by atomic mass is 10.2. The van der Waals surface area contributed by atoms with Crippen LogP contribution in [0, 0.1) is 0 Å². The predicted octanol–water partition coefficient (Wildman–Crippen LogP) is 3.31. The lowest BCUT2D eigenvalue weighted by Crippen LogP contribution is -2.17. The van der Waals surface area contributed by atoms with Gasteiger partial charge < -0.3 is 9.64 Å². The van der Waals surface area contributed by atoms with Crippen molar-refractivity contribution in [3.63, 3.8) is 0 Å². The smallest absolute Gasteiger partial charge is 0.271 e. The lowest BCUT2D eigenvalue weighted by Gasteiger charge is -2.12. The number of carbonyl (C=O) groups is 1. The maximum absolute atomic E-state index is 12.0. The third kappa shape index (κ3) is 5.12. The summed E-state index contributed by atoms with van der Waals surface area (Å²) in [6, 6.07) is 14.9. The molecule has 2 rings (SSSR count). The highest BCUT2D eigenvalue weighted by molar-refractivity contribution is 5.95. The summed E-state index contributed by atoms with van der Waals surface area (Å²) >= 11 is 0. The Balaban J connectivity index is 1.89. The second-order valence-electron chi connectivity index (χ2n) is 5.56. The molecule has 1 N–H and O–H groups in total. The first-order valence-electron chi connectivity index (χ1n) is 7.94. The molecule has 0 heterocycles. The first-order chi connectivity index (χ1) is 11.6. The highest BCUT2D eigenvalue weighted by atomic mass is 16.5. The third-order valence-electron chi connectivity index (χ3n) is 3.38. The van der Waals surface area contributed by atoms with Crippen LogP contribution in [-0.2, 0) is 0 Å². The zero-order valence-electron chi connectivity index (χ0n) is 14.3. The van der Waals surface area contributed by atoms with E-state index in [1.165, 1.54) is 0 Å². The Hall–Kier alpha value is -2.82. The van der Waals surface area contributed by atoms with Crippen LogP contribution in [0.3, 0.4) is 0 Å². The van der Waals surface area contributed by atoms with Crippen LogP contribution in [-0.4, -0.2) is 32.8 Å². The molecule has 126 valence electrons. The van der Waals surface area contributed by atoms with Gasteiger partial charge in [-0.05, 0) is 60.5 Å². The van der Waals surface area contributed by atoms with Gasteiger partial charge in [0.25, 0.3) is 5.91 Å². The van der Waals surface area contributed by atoms with Crippen LogP contribution in [0.2, 0.25) is 0 Å². The van der Waals surface area contributed by atoms with Gasteiger partial charge in [-0.15, -0.1) is 0 Å². The molecular formula is C19H23N3O2. The number of nitrogens with zero attached hydrogens (tertiary/aromatic N) is 2. The van der Waals surface area contributed by atoms with E-state index in [1.54, 1.807) is 18.3 Å². The van der Waals surface area contributed by atoms with Crippen molar-refractivity contribution >= 4 is 17.8 Å². The van der Waals surface area contributed by atoms with Crippen LogP contribution in [0.5, 0.6) is 5.75 Å². The highest BCUT2D eigenvalue weighted by Crippen LogP contribution is 2.12. The van der Waals surface area contributed by atoms with Gasteiger partial charge in [0.05, 0.1) is 12.8 Å². The van der Waals surface area contributed by atoms with Crippen LogP contribution in [0.1, 0.15) is 29.3 Å². The van der Waals surface area contributed by atoms with Crippen molar-refractivity contribution in [1.82, 2.24) is 5.43 Å². The Morgan fingerprint density at radius 2 is 1.79 bits per heavy atom. The van der Waals surface area contributed by atoms with E-state index in [9.17, 15) is 4.79 Å². The van der Waals surface area contributed by atoms with Crippen LogP contribution < -0.4 is 15.1 Å². The highest BCUT2D eigenvalue weighted by Gasteiger charge is 2.04.